The van der Waals surface area contributed by atoms with Crippen LogP contribution in [0.5, 0.6) is 5.75 Å². The molecule has 19 heavy (non-hydrogen) atoms. The maximum absolute atomic E-state index is 5.80. The minimum atomic E-state index is 0.563. The van der Waals surface area contributed by atoms with Gasteiger partial charge in [0.15, 0.2) is 0 Å². The Labute approximate surface area is 114 Å². The van der Waals surface area contributed by atoms with Gasteiger partial charge < -0.3 is 10.1 Å². The van der Waals surface area contributed by atoms with E-state index >= 15 is 0 Å². The molecule has 98 valence electrons. The third-order valence-electron chi connectivity index (χ3n) is 3.05. The summed E-state index contributed by atoms with van der Waals surface area (Å²) >= 11 is 0. The normalized spacial score (nSPS) is 10.3. The Hall–Kier alpha value is -1.98. The molecule has 0 saturated heterocycles. The van der Waals surface area contributed by atoms with Gasteiger partial charge in [0.05, 0.1) is 6.61 Å². The Morgan fingerprint density at radius 3 is 2.84 bits per heavy atom. The molecule has 2 nitrogen and oxygen atoms in total. The van der Waals surface area contributed by atoms with Crippen LogP contribution in [0.2, 0.25) is 0 Å². The van der Waals surface area contributed by atoms with Crippen LogP contribution in [-0.4, -0.2) is 13.2 Å². The number of terminal acetylenes is 1. The summed E-state index contributed by atoms with van der Waals surface area (Å²) in [4.78, 5) is 0. The van der Waals surface area contributed by atoms with E-state index < -0.39 is 0 Å². The Balaban J connectivity index is 2.35. The van der Waals surface area contributed by atoms with Crippen molar-refractivity contribution in [3.63, 3.8) is 0 Å². The molecule has 0 aliphatic rings. The topological polar surface area (TPSA) is 21.3 Å². The van der Waals surface area contributed by atoms with Gasteiger partial charge in [-0.2, -0.15) is 0 Å². The lowest BCUT2D eigenvalue weighted by atomic mass is 10.0. The summed E-state index contributed by atoms with van der Waals surface area (Å²) in [5.41, 5.74) is 1.21. The van der Waals surface area contributed by atoms with Crippen LogP contribution < -0.4 is 10.1 Å². The second kappa shape index (κ2) is 6.82. The van der Waals surface area contributed by atoms with Gasteiger partial charge in [-0.25, -0.2) is 0 Å². The second-order valence-corrected chi connectivity index (χ2v) is 4.35. The highest BCUT2D eigenvalue weighted by Gasteiger charge is 2.08. The van der Waals surface area contributed by atoms with E-state index in [1.165, 1.54) is 16.3 Å². The molecule has 0 aromatic heterocycles. The summed E-state index contributed by atoms with van der Waals surface area (Å²) in [6.45, 7) is 4.41. The number of hydrogen-bond acceptors (Lipinski definition) is 2. The number of rotatable bonds is 6. The van der Waals surface area contributed by atoms with E-state index in [1.54, 1.807) is 0 Å². The quantitative estimate of drug-likeness (QED) is 0.629. The summed E-state index contributed by atoms with van der Waals surface area (Å²) in [5, 5.41) is 5.84. The van der Waals surface area contributed by atoms with Gasteiger partial charge >= 0.3 is 0 Å². The molecule has 0 aliphatic carbocycles. The van der Waals surface area contributed by atoms with Gasteiger partial charge in [-0.1, -0.05) is 37.3 Å². The SMILES string of the molecule is C#CCCOc1ccc2ccccc2c1CNCC. The van der Waals surface area contributed by atoms with Crippen LogP contribution in [0.25, 0.3) is 10.8 Å². The molecule has 2 aromatic carbocycles. The van der Waals surface area contributed by atoms with Crippen molar-refractivity contribution < 1.29 is 4.74 Å². The van der Waals surface area contributed by atoms with E-state index in [2.05, 4.69) is 48.5 Å². The number of benzene rings is 2. The molecule has 0 unspecified atom stereocenters. The largest absolute Gasteiger partial charge is 0.492 e. The predicted octanol–water partition coefficient (Wildman–Crippen LogP) is 3.35. The van der Waals surface area contributed by atoms with E-state index in [1.807, 2.05) is 6.07 Å². The van der Waals surface area contributed by atoms with E-state index in [4.69, 9.17) is 11.2 Å². The van der Waals surface area contributed by atoms with Crippen molar-refractivity contribution in [3.8, 4) is 18.1 Å². The lowest BCUT2D eigenvalue weighted by Gasteiger charge is -2.14. The maximum Gasteiger partial charge on any atom is 0.124 e. The lowest BCUT2D eigenvalue weighted by molar-refractivity contribution is 0.323. The zero-order valence-electron chi connectivity index (χ0n) is 11.3. The van der Waals surface area contributed by atoms with Crippen molar-refractivity contribution in [1.29, 1.82) is 0 Å². The fraction of sp³-hybridized carbons (Fsp3) is 0.294. The van der Waals surface area contributed by atoms with Gasteiger partial charge in [0.1, 0.15) is 5.75 Å². The molecule has 0 bridgehead atoms. The van der Waals surface area contributed by atoms with Crippen molar-refractivity contribution in [2.75, 3.05) is 13.2 Å². The van der Waals surface area contributed by atoms with Gasteiger partial charge in [-0.15, -0.1) is 12.3 Å². The fourth-order valence-corrected chi connectivity index (χ4v) is 2.10. The van der Waals surface area contributed by atoms with E-state index in [-0.39, 0.29) is 0 Å². The summed E-state index contributed by atoms with van der Waals surface area (Å²) in [6, 6.07) is 12.5. The third kappa shape index (κ3) is 3.27. The molecular weight excluding hydrogens is 234 g/mol. The highest BCUT2D eigenvalue weighted by atomic mass is 16.5. The molecule has 0 atom stereocenters. The molecule has 0 radical (unpaired) electrons. The lowest BCUT2D eigenvalue weighted by Crippen LogP contribution is -2.13. The first-order chi connectivity index (χ1) is 9.36. The molecule has 2 heteroatoms. The van der Waals surface area contributed by atoms with E-state index in [0.717, 1.165) is 18.8 Å². The van der Waals surface area contributed by atoms with Gasteiger partial charge in [0.25, 0.3) is 0 Å². The van der Waals surface area contributed by atoms with Crippen molar-refractivity contribution in [3.05, 3.63) is 42.0 Å². The van der Waals surface area contributed by atoms with Crippen LogP contribution in [0.4, 0.5) is 0 Å². The second-order valence-electron chi connectivity index (χ2n) is 4.35. The Morgan fingerprint density at radius 2 is 2.05 bits per heavy atom. The fourth-order valence-electron chi connectivity index (χ4n) is 2.10. The van der Waals surface area contributed by atoms with Crippen LogP contribution in [-0.2, 0) is 6.54 Å². The number of fused-ring (bicyclic) bond motifs is 1. The average molecular weight is 253 g/mol. The molecule has 0 spiro atoms. The predicted molar refractivity (Wildman–Crippen MR) is 80.3 cm³/mol. The van der Waals surface area contributed by atoms with E-state index in [0.29, 0.717) is 13.0 Å². The smallest absolute Gasteiger partial charge is 0.124 e. The Kier molecular flexibility index (Phi) is 4.83. The van der Waals surface area contributed by atoms with Crippen molar-refractivity contribution in [1.82, 2.24) is 5.32 Å². The molecule has 2 aromatic rings. The molecule has 0 heterocycles. The number of nitrogens with one attached hydrogen (secondary N) is 1. The molecule has 2 rings (SSSR count). The monoisotopic (exact) mass is 253 g/mol. The Morgan fingerprint density at radius 1 is 1.21 bits per heavy atom. The molecule has 0 aliphatic heterocycles. The van der Waals surface area contributed by atoms with Gasteiger partial charge in [-0.3, -0.25) is 0 Å². The summed E-state index contributed by atoms with van der Waals surface area (Å²) in [7, 11) is 0. The van der Waals surface area contributed by atoms with Gasteiger partial charge in [0.2, 0.25) is 0 Å². The van der Waals surface area contributed by atoms with Crippen LogP contribution >= 0.6 is 0 Å². The third-order valence-corrected chi connectivity index (χ3v) is 3.05. The van der Waals surface area contributed by atoms with Crippen molar-refractivity contribution in [2.24, 2.45) is 0 Å². The zero-order valence-corrected chi connectivity index (χ0v) is 11.3. The summed E-state index contributed by atoms with van der Waals surface area (Å²) in [6.07, 6.45) is 5.89. The molecular formula is C17H19NO. The first-order valence-electron chi connectivity index (χ1n) is 6.64. The molecule has 0 amide bonds. The number of ether oxygens (including phenoxy) is 1. The van der Waals surface area contributed by atoms with Gasteiger partial charge in [-0.05, 0) is 23.4 Å². The van der Waals surface area contributed by atoms with Crippen LogP contribution in [0.3, 0.4) is 0 Å². The highest BCUT2D eigenvalue weighted by Crippen LogP contribution is 2.28. The highest BCUT2D eigenvalue weighted by molar-refractivity contribution is 5.87. The first-order valence-corrected chi connectivity index (χ1v) is 6.64. The number of hydrogen-bond donors (Lipinski definition) is 1. The van der Waals surface area contributed by atoms with Crippen molar-refractivity contribution >= 4 is 10.8 Å². The zero-order chi connectivity index (χ0) is 13.5. The molecule has 1 N–H and O–H groups in total. The van der Waals surface area contributed by atoms with E-state index in [9.17, 15) is 0 Å². The maximum atomic E-state index is 5.80. The first kappa shape index (κ1) is 13.5. The summed E-state index contributed by atoms with van der Waals surface area (Å²) < 4.78 is 5.80. The van der Waals surface area contributed by atoms with Crippen molar-refractivity contribution in [2.45, 2.75) is 19.9 Å². The van der Waals surface area contributed by atoms with Crippen LogP contribution in [0, 0.1) is 12.3 Å². The van der Waals surface area contributed by atoms with Crippen LogP contribution in [0.15, 0.2) is 36.4 Å². The van der Waals surface area contributed by atoms with Gasteiger partial charge in [0, 0.05) is 18.5 Å². The average Bonchev–Trinajstić information content (AvgIpc) is 2.46. The molecule has 0 fully saturated rings. The summed E-state index contributed by atoms with van der Waals surface area (Å²) in [5.74, 6) is 3.52. The molecule has 0 saturated carbocycles. The van der Waals surface area contributed by atoms with Crippen LogP contribution in [0.1, 0.15) is 18.9 Å². The standard InChI is InChI=1S/C17H19NO/c1-3-5-12-19-17-11-10-14-8-6-7-9-15(14)16(17)13-18-4-2/h1,6-11,18H,4-5,12-13H2,2H3. The Bertz CT molecular complexity index is 583. The minimum Gasteiger partial charge on any atom is -0.492 e. The minimum absolute atomic E-state index is 0.563.